The summed E-state index contributed by atoms with van der Waals surface area (Å²) in [5, 5.41) is 0. The number of aromatic nitrogens is 1. The fourth-order valence-corrected chi connectivity index (χ4v) is 3.07. The Balaban J connectivity index is 1.42. The molecule has 0 N–H and O–H groups in total. The molecule has 3 rings (SSSR count). The molecule has 21 heavy (non-hydrogen) atoms. The number of rotatable bonds is 5. The normalized spacial score (nSPS) is 23.5. The van der Waals surface area contributed by atoms with Gasteiger partial charge in [0.25, 0.3) is 0 Å². The van der Waals surface area contributed by atoms with Crippen molar-refractivity contribution in [1.82, 2.24) is 14.8 Å². The highest BCUT2D eigenvalue weighted by Crippen LogP contribution is 2.20. The maximum Gasteiger partial charge on any atom is 0.159 e. The van der Waals surface area contributed by atoms with Gasteiger partial charge in [-0.1, -0.05) is 6.07 Å². The number of nitrogens with zero attached hydrogens (tertiary/aromatic N) is 3. The number of piperazine rings is 1. The van der Waals surface area contributed by atoms with Crippen LogP contribution in [0.3, 0.4) is 0 Å². The molecular formula is C16H25N3O2. The molecule has 116 valence electrons. The Bertz CT molecular complexity index is 415. The Morgan fingerprint density at radius 2 is 2.00 bits per heavy atom. The summed E-state index contributed by atoms with van der Waals surface area (Å²) in [6.07, 6.45) is 4.82. The van der Waals surface area contributed by atoms with Crippen LogP contribution in [0.1, 0.15) is 24.9 Å². The quantitative estimate of drug-likeness (QED) is 0.822. The van der Waals surface area contributed by atoms with Gasteiger partial charge in [-0.25, -0.2) is 0 Å². The van der Waals surface area contributed by atoms with E-state index in [0.717, 1.165) is 52.4 Å². The summed E-state index contributed by atoms with van der Waals surface area (Å²) in [5.41, 5.74) is 1.30. The highest BCUT2D eigenvalue weighted by Gasteiger charge is 2.23. The van der Waals surface area contributed by atoms with Crippen molar-refractivity contribution in [3.63, 3.8) is 0 Å². The zero-order valence-electron chi connectivity index (χ0n) is 12.8. The zero-order valence-corrected chi connectivity index (χ0v) is 12.8. The van der Waals surface area contributed by atoms with Crippen molar-refractivity contribution in [3.05, 3.63) is 30.1 Å². The van der Waals surface area contributed by atoms with Gasteiger partial charge in [0.1, 0.15) is 0 Å². The first-order chi connectivity index (χ1) is 10.3. The predicted octanol–water partition coefficient (Wildman–Crippen LogP) is 1.52. The van der Waals surface area contributed by atoms with Gasteiger partial charge in [0.15, 0.2) is 6.29 Å². The first-order valence-corrected chi connectivity index (χ1v) is 7.92. The molecule has 3 heterocycles. The molecule has 0 amide bonds. The van der Waals surface area contributed by atoms with E-state index in [1.54, 1.807) is 0 Å². The van der Waals surface area contributed by atoms with Crippen molar-refractivity contribution in [1.29, 1.82) is 0 Å². The molecule has 0 aliphatic carbocycles. The second kappa shape index (κ2) is 7.31. The first kappa shape index (κ1) is 14.9. The third kappa shape index (κ3) is 4.01. The Labute approximate surface area is 126 Å². The van der Waals surface area contributed by atoms with Crippen LogP contribution in [-0.4, -0.2) is 67.0 Å². The molecule has 1 aromatic heterocycles. The van der Waals surface area contributed by atoms with Crippen molar-refractivity contribution in [2.45, 2.75) is 25.7 Å². The minimum Gasteiger partial charge on any atom is -0.350 e. The van der Waals surface area contributed by atoms with E-state index in [1.165, 1.54) is 5.56 Å². The third-order valence-electron chi connectivity index (χ3n) is 4.49. The van der Waals surface area contributed by atoms with Gasteiger partial charge >= 0.3 is 0 Å². The molecule has 2 aliphatic rings. The van der Waals surface area contributed by atoms with Gasteiger partial charge in [-0.3, -0.25) is 9.88 Å². The fraction of sp³-hybridized carbons (Fsp3) is 0.688. The van der Waals surface area contributed by atoms with E-state index in [2.05, 4.69) is 27.8 Å². The van der Waals surface area contributed by atoms with Crippen LogP contribution in [0, 0.1) is 0 Å². The van der Waals surface area contributed by atoms with Crippen molar-refractivity contribution >= 4 is 0 Å². The maximum atomic E-state index is 5.49. The number of ether oxygens (including phenoxy) is 2. The van der Waals surface area contributed by atoms with E-state index < -0.39 is 0 Å². The highest BCUT2D eigenvalue weighted by atomic mass is 16.7. The molecule has 0 aromatic carbocycles. The molecule has 5 nitrogen and oxygen atoms in total. The molecule has 5 heteroatoms. The van der Waals surface area contributed by atoms with Gasteiger partial charge in [0.2, 0.25) is 0 Å². The van der Waals surface area contributed by atoms with Crippen molar-refractivity contribution < 1.29 is 9.47 Å². The van der Waals surface area contributed by atoms with E-state index in [0.29, 0.717) is 6.04 Å². The van der Waals surface area contributed by atoms with Gasteiger partial charge in [0.05, 0.1) is 13.2 Å². The maximum absolute atomic E-state index is 5.49. The topological polar surface area (TPSA) is 37.8 Å². The van der Waals surface area contributed by atoms with E-state index in [4.69, 9.17) is 9.47 Å². The average molecular weight is 291 g/mol. The lowest BCUT2D eigenvalue weighted by Crippen LogP contribution is -2.47. The van der Waals surface area contributed by atoms with Crippen molar-refractivity contribution in [3.8, 4) is 0 Å². The lowest BCUT2D eigenvalue weighted by molar-refractivity contribution is -0.0537. The molecular weight excluding hydrogens is 266 g/mol. The summed E-state index contributed by atoms with van der Waals surface area (Å²) < 4.78 is 11.0. The summed E-state index contributed by atoms with van der Waals surface area (Å²) in [5.74, 6) is 0. The van der Waals surface area contributed by atoms with Gasteiger partial charge in [-0.15, -0.1) is 0 Å². The van der Waals surface area contributed by atoms with Gasteiger partial charge < -0.3 is 14.4 Å². The SMILES string of the molecule is C[C@H](c1cccnc1)N1CCN(CCC2OCCO2)CC1. The van der Waals surface area contributed by atoms with Crippen LogP contribution in [0.5, 0.6) is 0 Å². The van der Waals surface area contributed by atoms with Crippen LogP contribution in [-0.2, 0) is 9.47 Å². The largest absolute Gasteiger partial charge is 0.350 e. The minimum absolute atomic E-state index is 0.0253. The molecule has 0 saturated carbocycles. The van der Waals surface area contributed by atoms with Crippen LogP contribution < -0.4 is 0 Å². The Hall–Kier alpha value is -1.01. The van der Waals surface area contributed by atoms with Gasteiger partial charge in [-0.05, 0) is 18.6 Å². The van der Waals surface area contributed by atoms with Gasteiger partial charge in [0, 0.05) is 57.6 Å². The lowest BCUT2D eigenvalue weighted by atomic mass is 10.1. The van der Waals surface area contributed by atoms with Crippen LogP contribution in [0.2, 0.25) is 0 Å². The Morgan fingerprint density at radius 3 is 2.67 bits per heavy atom. The smallest absolute Gasteiger partial charge is 0.159 e. The fourth-order valence-electron chi connectivity index (χ4n) is 3.07. The summed E-state index contributed by atoms with van der Waals surface area (Å²) >= 11 is 0. The lowest BCUT2D eigenvalue weighted by Gasteiger charge is -2.38. The molecule has 0 radical (unpaired) electrons. The van der Waals surface area contributed by atoms with Crippen LogP contribution >= 0.6 is 0 Å². The van der Waals surface area contributed by atoms with Crippen LogP contribution in [0.15, 0.2) is 24.5 Å². The minimum atomic E-state index is 0.0253. The van der Waals surface area contributed by atoms with Crippen molar-refractivity contribution in [2.24, 2.45) is 0 Å². The summed E-state index contributed by atoms with van der Waals surface area (Å²) in [4.78, 5) is 9.27. The standard InChI is InChI=1S/C16H25N3O2/c1-14(15-3-2-5-17-13-15)19-9-7-18(8-10-19)6-4-16-20-11-12-21-16/h2-3,5,13-14,16H,4,6-12H2,1H3/t14-/m1/s1. The summed E-state index contributed by atoms with van der Waals surface area (Å²) in [6.45, 7) is 9.31. The molecule has 2 aliphatic heterocycles. The molecule has 1 aromatic rings. The highest BCUT2D eigenvalue weighted by molar-refractivity contribution is 5.13. The molecule has 1 atom stereocenters. The molecule has 0 spiro atoms. The molecule has 2 fully saturated rings. The zero-order chi connectivity index (χ0) is 14.5. The van der Waals surface area contributed by atoms with E-state index in [-0.39, 0.29) is 6.29 Å². The second-order valence-corrected chi connectivity index (χ2v) is 5.80. The monoisotopic (exact) mass is 291 g/mol. The second-order valence-electron chi connectivity index (χ2n) is 5.80. The van der Waals surface area contributed by atoms with Crippen LogP contribution in [0.25, 0.3) is 0 Å². The first-order valence-electron chi connectivity index (χ1n) is 7.92. The molecule has 2 saturated heterocycles. The van der Waals surface area contributed by atoms with Crippen molar-refractivity contribution in [2.75, 3.05) is 45.9 Å². The average Bonchev–Trinajstić information content (AvgIpc) is 3.07. The number of hydrogen-bond donors (Lipinski definition) is 0. The van der Waals surface area contributed by atoms with E-state index in [9.17, 15) is 0 Å². The van der Waals surface area contributed by atoms with Crippen LogP contribution in [0.4, 0.5) is 0 Å². The Kier molecular flexibility index (Phi) is 5.19. The van der Waals surface area contributed by atoms with E-state index in [1.807, 2.05) is 18.5 Å². The van der Waals surface area contributed by atoms with E-state index >= 15 is 0 Å². The predicted molar refractivity (Wildman–Crippen MR) is 81.0 cm³/mol. The molecule has 0 bridgehead atoms. The summed E-state index contributed by atoms with van der Waals surface area (Å²) in [6, 6.07) is 4.63. The third-order valence-corrected chi connectivity index (χ3v) is 4.49. The number of hydrogen-bond acceptors (Lipinski definition) is 5. The van der Waals surface area contributed by atoms with Gasteiger partial charge in [-0.2, -0.15) is 0 Å². The summed E-state index contributed by atoms with van der Waals surface area (Å²) in [7, 11) is 0. The Morgan fingerprint density at radius 1 is 1.24 bits per heavy atom. The molecule has 0 unspecified atom stereocenters. The number of pyridine rings is 1.